The van der Waals surface area contributed by atoms with Crippen LogP contribution in [0.2, 0.25) is 0 Å². The monoisotopic (exact) mass is 270 g/mol. The zero-order chi connectivity index (χ0) is 14.1. The molecule has 0 heterocycles. The molecule has 0 bridgehead atoms. The first-order valence-corrected chi connectivity index (χ1v) is 6.79. The van der Waals surface area contributed by atoms with Gasteiger partial charge in [0.2, 0.25) is 0 Å². The molecule has 2 aliphatic rings. The molecule has 4 N–H and O–H groups in total. The predicted octanol–water partition coefficient (Wildman–Crippen LogP) is 0.701. The third-order valence-corrected chi connectivity index (χ3v) is 4.10. The smallest absolute Gasteiger partial charge is 0.314 e. The molecule has 6 nitrogen and oxygen atoms in total. The first kappa shape index (κ1) is 14.1. The Balaban J connectivity index is 1.65. The van der Waals surface area contributed by atoms with Gasteiger partial charge in [0.1, 0.15) is 0 Å². The summed E-state index contributed by atoms with van der Waals surface area (Å²) >= 11 is 0. The number of carbonyl (C=O) groups is 2. The Morgan fingerprint density at radius 3 is 2.42 bits per heavy atom. The molecule has 2 saturated carbocycles. The summed E-state index contributed by atoms with van der Waals surface area (Å²) in [5, 5.41) is 23.7. The van der Waals surface area contributed by atoms with Gasteiger partial charge in [0, 0.05) is 13.1 Å². The molecule has 0 spiro atoms. The number of hydrogen-bond donors (Lipinski definition) is 4. The fourth-order valence-corrected chi connectivity index (χ4v) is 2.56. The zero-order valence-corrected chi connectivity index (χ0v) is 11.2. The quantitative estimate of drug-likeness (QED) is 0.547. The Kier molecular flexibility index (Phi) is 3.71. The third-order valence-electron chi connectivity index (χ3n) is 4.10. The van der Waals surface area contributed by atoms with E-state index in [4.69, 9.17) is 5.11 Å². The molecule has 0 aromatic rings. The molecule has 6 heteroatoms. The van der Waals surface area contributed by atoms with Crippen LogP contribution >= 0.6 is 0 Å². The molecule has 0 aliphatic heterocycles. The second-order valence-corrected chi connectivity index (χ2v) is 6.24. The summed E-state index contributed by atoms with van der Waals surface area (Å²) < 4.78 is 0. The van der Waals surface area contributed by atoms with Crippen LogP contribution in [0, 0.1) is 11.3 Å². The van der Waals surface area contributed by atoms with Crippen LogP contribution < -0.4 is 10.6 Å². The van der Waals surface area contributed by atoms with E-state index >= 15 is 0 Å². The van der Waals surface area contributed by atoms with Crippen LogP contribution in [-0.4, -0.2) is 40.9 Å². The Morgan fingerprint density at radius 1 is 1.32 bits per heavy atom. The van der Waals surface area contributed by atoms with Crippen molar-refractivity contribution in [1.82, 2.24) is 10.6 Å². The summed E-state index contributed by atoms with van der Waals surface area (Å²) in [5.74, 6) is -0.305. The largest absolute Gasteiger partial charge is 0.481 e. The average Bonchev–Trinajstić information content (AvgIpc) is 3.13. The van der Waals surface area contributed by atoms with Crippen molar-refractivity contribution in [3.05, 3.63) is 0 Å². The van der Waals surface area contributed by atoms with Crippen LogP contribution in [0.1, 0.15) is 39.0 Å². The number of hydrogen-bond acceptors (Lipinski definition) is 3. The highest BCUT2D eigenvalue weighted by atomic mass is 16.4. The van der Waals surface area contributed by atoms with Crippen LogP contribution in [0.4, 0.5) is 4.79 Å². The normalized spacial score (nSPS) is 23.3. The first-order valence-electron chi connectivity index (χ1n) is 6.79. The van der Waals surface area contributed by atoms with E-state index in [1.807, 2.05) is 0 Å². The summed E-state index contributed by atoms with van der Waals surface area (Å²) in [6.07, 6.45) is 4.54. The average molecular weight is 270 g/mol. The number of aliphatic hydroxyl groups is 1. The van der Waals surface area contributed by atoms with Crippen LogP contribution in [0.3, 0.4) is 0 Å². The lowest BCUT2D eigenvalue weighted by molar-refractivity contribution is -0.141. The van der Waals surface area contributed by atoms with Gasteiger partial charge >= 0.3 is 12.0 Å². The van der Waals surface area contributed by atoms with Gasteiger partial charge in [-0.25, -0.2) is 4.79 Å². The number of rotatable bonds is 7. The summed E-state index contributed by atoms with van der Waals surface area (Å²) in [5.41, 5.74) is -1.09. The predicted molar refractivity (Wildman–Crippen MR) is 68.7 cm³/mol. The van der Waals surface area contributed by atoms with Gasteiger partial charge in [0.05, 0.1) is 12.0 Å². The van der Waals surface area contributed by atoms with Crippen LogP contribution in [0.5, 0.6) is 0 Å². The molecule has 1 atom stereocenters. The van der Waals surface area contributed by atoms with E-state index in [0.717, 1.165) is 5.92 Å². The Labute approximate surface area is 112 Å². The summed E-state index contributed by atoms with van der Waals surface area (Å²) in [6.45, 7) is 2.01. The minimum absolute atomic E-state index is 0.0679. The molecule has 2 fully saturated rings. The molecular weight excluding hydrogens is 248 g/mol. The lowest BCUT2D eigenvalue weighted by atomic mass is 10.0. The summed E-state index contributed by atoms with van der Waals surface area (Å²) in [6, 6.07) is -0.336. The topological polar surface area (TPSA) is 98.7 Å². The first-order chi connectivity index (χ1) is 8.83. The van der Waals surface area contributed by atoms with Gasteiger partial charge in [-0.3, -0.25) is 4.79 Å². The maximum Gasteiger partial charge on any atom is 0.314 e. The summed E-state index contributed by atoms with van der Waals surface area (Å²) in [7, 11) is 0. The van der Waals surface area contributed by atoms with E-state index in [-0.39, 0.29) is 19.0 Å². The van der Waals surface area contributed by atoms with Crippen LogP contribution in [0.25, 0.3) is 0 Å². The lowest BCUT2D eigenvalue weighted by Gasteiger charge is -2.22. The van der Waals surface area contributed by atoms with Gasteiger partial charge in [-0.1, -0.05) is 0 Å². The van der Waals surface area contributed by atoms with Crippen molar-refractivity contribution in [3.63, 3.8) is 0 Å². The van der Waals surface area contributed by atoms with Crippen LogP contribution in [-0.2, 0) is 4.79 Å². The van der Waals surface area contributed by atoms with Gasteiger partial charge in [-0.2, -0.15) is 0 Å². The van der Waals surface area contributed by atoms with Crippen molar-refractivity contribution in [1.29, 1.82) is 0 Å². The van der Waals surface area contributed by atoms with E-state index in [0.29, 0.717) is 12.0 Å². The van der Waals surface area contributed by atoms with Gasteiger partial charge in [-0.05, 0) is 43.9 Å². The molecule has 0 saturated heterocycles. The van der Waals surface area contributed by atoms with E-state index in [9.17, 15) is 14.7 Å². The van der Waals surface area contributed by atoms with Gasteiger partial charge in [-0.15, -0.1) is 0 Å². The number of carboxylic acid groups (broad SMARTS) is 1. The van der Waals surface area contributed by atoms with Crippen LogP contribution in [0.15, 0.2) is 0 Å². The standard InChI is InChI=1S/C13H22N2O4/c1-12(19,6-10(16)17)7-14-11(18)15-8-13(4-5-13)9-2-3-9/h9,19H,2-8H2,1H3,(H,16,17)(H2,14,15,18). The molecule has 0 aromatic heterocycles. The van der Waals surface area contributed by atoms with Gasteiger partial charge in [0.15, 0.2) is 0 Å². The number of aliphatic carboxylic acids is 1. The molecule has 19 heavy (non-hydrogen) atoms. The van der Waals surface area contributed by atoms with Crippen molar-refractivity contribution in [2.24, 2.45) is 11.3 Å². The van der Waals surface area contributed by atoms with Crippen molar-refractivity contribution in [2.75, 3.05) is 13.1 Å². The number of carbonyl (C=O) groups excluding carboxylic acids is 1. The second-order valence-electron chi connectivity index (χ2n) is 6.24. The zero-order valence-electron chi connectivity index (χ0n) is 11.2. The van der Waals surface area contributed by atoms with Gasteiger partial charge in [0.25, 0.3) is 0 Å². The molecular formula is C13H22N2O4. The minimum atomic E-state index is -1.42. The van der Waals surface area contributed by atoms with E-state index in [1.165, 1.54) is 32.6 Å². The minimum Gasteiger partial charge on any atom is -0.481 e. The van der Waals surface area contributed by atoms with Crippen molar-refractivity contribution in [2.45, 2.75) is 44.6 Å². The van der Waals surface area contributed by atoms with Gasteiger partial charge < -0.3 is 20.8 Å². The number of carboxylic acids is 1. The van der Waals surface area contributed by atoms with E-state index < -0.39 is 11.6 Å². The molecule has 0 radical (unpaired) electrons. The van der Waals surface area contributed by atoms with E-state index in [1.54, 1.807) is 0 Å². The number of urea groups is 1. The highest BCUT2D eigenvalue weighted by Crippen LogP contribution is 2.60. The SMILES string of the molecule is CC(O)(CNC(=O)NCC1(C2CC2)CC1)CC(=O)O. The van der Waals surface area contributed by atoms with E-state index in [2.05, 4.69) is 10.6 Å². The third kappa shape index (κ3) is 4.09. The second kappa shape index (κ2) is 5.00. The summed E-state index contributed by atoms with van der Waals surface area (Å²) in [4.78, 5) is 22.1. The maximum atomic E-state index is 11.6. The molecule has 2 amide bonds. The number of amides is 2. The number of nitrogens with one attached hydrogen (secondary N) is 2. The Morgan fingerprint density at radius 2 is 1.95 bits per heavy atom. The molecule has 1 unspecified atom stereocenters. The molecule has 108 valence electrons. The molecule has 2 aliphatic carbocycles. The Hall–Kier alpha value is -1.30. The lowest BCUT2D eigenvalue weighted by Crippen LogP contribution is -2.47. The fraction of sp³-hybridized carbons (Fsp3) is 0.846. The van der Waals surface area contributed by atoms with Crippen molar-refractivity contribution in [3.8, 4) is 0 Å². The highest BCUT2D eigenvalue weighted by molar-refractivity contribution is 5.74. The highest BCUT2D eigenvalue weighted by Gasteiger charge is 2.53. The maximum absolute atomic E-state index is 11.6. The van der Waals surface area contributed by atoms with Crippen molar-refractivity contribution >= 4 is 12.0 Å². The molecule has 2 rings (SSSR count). The Bertz CT molecular complexity index is 373. The fourth-order valence-electron chi connectivity index (χ4n) is 2.56. The molecule has 0 aromatic carbocycles. The van der Waals surface area contributed by atoms with Crippen molar-refractivity contribution < 1.29 is 19.8 Å².